The smallest absolute Gasteiger partial charge is 0.189 e. The Morgan fingerprint density at radius 2 is 1.39 bits per heavy atom. The highest BCUT2D eigenvalue weighted by molar-refractivity contribution is 8.77. The van der Waals surface area contributed by atoms with Crippen molar-refractivity contribution < 1.29 is 9.26 Å². The Hall–Kier alpha value is 0.240. The number of rotatable bonds is 17. The van der Waals surface area contributed by atoms with Gasteiger partial charge in [-0.15, -0.1) is 0 Å². The highest BCUT2D eigenvalue weighted by Crippen LogP contribution is 2.50. The lowest BCUT2D eigenvalue weighted by Gasteiger charge is -2.45. The standard InChI is InChI=1S/C21H48N5O2PS2/c1-16(2)25(17(3)4)29(26(18(5)6)19(7)8)28-13-12-27-15-21(9,10)31-30-14-11-24-20(22)23/h16-19H,11-15H2,1-10H3,(H4,22,23,24). The molecule has 0 spiro atoms. The van der Waals surface area contributed by atoms with E-state index in [1.807, 2.05) is 10.8 Å². The topological polar surface area (TPSA) is 89.3 Å². The SMILES string of the molecule is CC(C)N(C(C)C)P(OCCOCC(C)(C)SSCCN=C(N)N)N(C(C)C)C(C)C. The van der Waals surface area contributed by atoms with Crippen molar-refractivity contribution in [1.82, 2.24) is 9.34 Å². The number of nitrogens with two attached hydrogens (primary N) is 2. The molecule has 0 saturated carbocycles. The lowest BCUT2D eigenvalue weighted by atomic mass is 10.2. The van der Waals surface area contributed by atoms with E-state index in [2.05, 4.69) is 83.6 Å². The van der Waals surface area contributed by atoms with Gasteiger partial charge in [0.25, 0.3) is 0 Å². The number of hydrogen-bond acceptors (Lipinski definition) is 7. The molecule has 0 aromatic carbocycles. The highest BCUT2D eigenvalue weighted by Gasteiger charge is 2.34. The molecular weight excluding hydrogens is 449 g/mol. The van der Waals surface area contributed by atoms with Gasteiger partial charge in [0.15, 0.2) is 14.4 Å². The van der Waals surface area contributed by atoms with Crippen molar-refractivity contribution >= 4 is 36.0 Å². The maximum atomic E-state index is 6.50. The fraction of sp³-hybridized carbons (Fsp3) is 0.952. The first kappa shape index (κ1) is 31.2. The second-order valence-corrected chi connectivity index (χ2v) is 14.1. The van der Waals surface area contributed by atoms with Crippen molar-refractivity contribution in [3.8, 4) is 0 Å². The van der Waals surface area contributed by atoms with Crippen LogP contribution in [0.3, 0.4) is 0 Å². The summed E-state index contributed by atoms with van der Waals surface area (Å²) in [7, 11) is 2.71. The third kappa shape index (κ3) is 13.5. The van der Waals surface area contributed by atoms with E-state index in [-0.39, 0.29) is 10.7 Å². The average molecular weight is 498 g/mol. The molecule has 0 heterocycles. The normalized spacial score (nSPS) is 13.1. The molecule has 10 heteroatoms. The van der Waals surface area contributed by atoms with Gasteiger partial charge in [0.05, 0.1) is 26.4 Å². The van der Waals surface area contributed by atoms with E-state index in [1.165, 1.54) is 0 Å². The van der Waals surface area contributed by atoms with Crippen LogP contribution in [0.1, 0.15) is 69.2 Å². The fourth-order valence-electron chi connectivity index (χ4n) is 3.17. The molecule has 0 aromatic rings. The minimum absolute atomic E-state index is 0.0111. The summed E-state index contributed by atoms with van der Waals surface area (Å²) in [5, 5.41) is 0. The number of hydrogen-bond donors (Lipinski definition) is 2. The second kappa shape index (κ2) is 16.0. The van der Waals surface area contributed by atoms with E-state index < -0.39 is 8.45 Å². The predicted molar refractivity (Wildman–Crippen MR) is 143 cm³/mol. The number of ether oxygens (including phenoxy) is 1. The summed E-state index contributed by atoms with van der Waals surface area (Å²) in [5.74, 6) is 1.02. The highest BCUT2D eigenvalue weighted by atomic mass is 33.1. The Kier molecular flexibility index (Phi) is 16.1. The Morgan fingerprint density at radius 1 is 0.903 bits per heavy atom. The van der Waals surface area contributed by atoms with Crippen molar-refractivity contribution in [2.24, 2.45) is 16.5 Å². The molecule has 0 amide bonds. The Labute approximate surface area is 201 Å². The molecule has 4 N–H and O–H groups in total. The van der Waals surface area contributed by atoms with E-state index in [4.69, 9.17) is 20.7 Å². The molecule has 7 nitrogen and oxygen atoms in total. The zero-order valence-electron chi connectivity index (χ0n) is 21.4. The Bertz CT molecular complexity index is 468. The maximum Gasteiger partial charge on any atom is 0.189 e. The number of nitrogens with zero attached hydrogens (tertiary/aromatic N) is 3. The first-order chi connectivity index (χ1) is 14.3. The Morgan fingerprint density at radius 3 is 1.81 bits per heavy atom. The van der Waals surface area contributed by atoms with Gasteiger partial charge in [-0.1, -0.05) is 21.6 Å². The summed E-state index contributed by atoms with van der Waals surface area (Å²) in [4.78, 5) is 4.01. The first-order valence-electron chi connectivity index (χ1n) is 11.2. The lowest BCUT2D eigenvalue weighted by molar-refractivity contribution is 0.0824. The van der Waals surface area contributed by atoms with Crippen LogP contribution in [0.25, 0.3) is 0 Å². The van der Waals surface area contributed by atoms with Crippen molar-refractivity contribution in [2.45, 2.75) is 98.2 Å². The quantitative estimate of drug-likeness (QED) is 0.0962. The zero-order valence-corrected chi connectivity index (χ0v) is 23.9. The van der Waals surface area contributed by atoms with E-state index in [0.29, 0.717) is 50.5 Å². The van der Waals surface area contributed by atoms with Crippen molar-refractivity contribution in [2.75, 3.05) is 32.1 Å². The molecule has 186 valence electrons. The fourth-order valence-corrected chi connectivity index (χ4v) is 7.77. The van der Waals surface area contributed by atoms with Crippen molar-refractivity contribution in [3.05, 3.63) is 0 Å². The molecule has 0 aliphatic heterocycles. The summed E-state index contributed by atoms with van der Waals surface area (Å²) in [5.41, 5.74) is 10.7. The molecule has 0 bridgehead atoms. The van der Waals surface area contributed by atoms with Crippen molar-refractivity contribution in [3.63, 3.8) is 0 Å². The summed E-state index contributed by atoms with van der Waals surface area (Å²) in [6, 6.07) is 1.66. The van der Waals surface area contributed by atoms with Crippen LogP contribution in [0, 0.1) is 0 Å². The van der Waals surface area contributed by atoms with Gasteiger partial charge in [-0.25, -0.2) is 9.34 Å². The molecule has 31 heavy (non-hydrogen) atoms. The van der Waals surface area contributed by atoms with E-state index in [1.54, 1.807) is 10.8 Å². The molecule has 0 rings (SSSR count). The van der Waals surface area contributed by atoms with E-state index in [0.717, 1.165) is 5.75 Å². The summed E-state index contributed by atoms with van der Waals surface area (Å²) in [6.07, 6.45) is 0. The molecule has 0 aromatic heterocycles. The molecule has 0 aliphatic rings. The van der Waals surface area contributed by atoms with Gasteiger partial charge in [-0.2, -0.15) is 0 Å². The van der Waals surface area contributed by atoms with Gasteiger partial charge >= 0.3 is 0 Å². The molecule has 0 fully saturated rings. The van der Waals surface area contributed by atoms with Gasteiger partial charge in [0.2, 0.25) is 0 Å². The molecule has 0 aliphatic carbocycles. The molecule has 0 atom stereocenters. The van der Waals surface area contributed by atoms with Crippen LogP contribution in [0.15, 0.2) is 4.99 Å². The molecular formula is C21H48N5O2PS2. The van der Waals surface area contributed by atoms with Crippen LogP contribution >= 0.6 is 30.0 Å². The Balaban J connectivity index is 4.69. The third-order valence-corrected chi connectivity index (χ3v) is 10.4. The largest absolute Gasteiger partial charge is 0.378 e. The van der Waals surface area contributed by atoms with Gasteiger partial charge in [-0.3, -0.25) is 4.99 Å². The van der Waals surface area contributed by atoms with Crippen molar-refractivity contribution in [1.29, 1.82) is 0 Å². The average Bonchev–Trinajstić information content (AvgIpc) is 2.59. The minimum Gasteiger partial charge on any atom is -0.378 e. The zero-order chi connectivity index (χ0) is 24.2. The summed E-state index contributed by atoms with van der Waals surface area (Å²) < 4.78 is 17.5. The molecule has 0 radical (unpaired) electrons. The van der Waals surface area contributed by atoms with Gasteiger partial charge in [0.1, 0.15) is 0 Å². The third-order valence-electron chi connectivity index (χ3n) is 4.15. The van der Waals surface area contributed by atoms with Crippen LogP contribution in [-0.4, -0.2) is 76.3 Å². The maximum absolute atomic E-state index is 6.50. The van der Waals surface area contributed by atoms with Crippen LogP contribution in [0.2, 0.25) is 0 Å². The van der Waals surface area contributed by atoms with E-state index in [9.17, 15) is 0 Å². The van der Waals surface area contributed by atoms with Crippen LogP contribution in [-0.2, 0) is 9.26 Å². The monoisotopic (exact) mass is 497 g/mol. The first-order valence-corrected chi connectivity index (χ1v) is 14.7. The van der Waals surface area contributed by atoms with Crippen LogP contribution in [0.5, 0.6) is 0 Å². The number of guanidine groups is 1. The van der Waals surface area contributed by atoms with E-state index >= 15 is 0 Å². The summed E-state index contributed by atoms with van der Waals surface area (Å²) in [6.45, 7) is 24.9. The lowest BCUT2D eigenvalue weighted by Crippen LogP contribution is -2.43. The van der Waals surface area contributed by atoms with Gasteiger partial charge in [-0.05, 0) is 69.2 Å². The minimum atomic E-state index is -0.865. The van der Waals surface area contributed by atoms with Crippen LogP contribution in [0.4, 0.5) is 0 Å². The predicted octanol–water partition coefficient (Wildman–Crippen LogP) is 4.92. The molecule has 0 unspecified atom stereocenters. The molecule has 0 saturated heterocycles. The second-order valence-electron chi connectivity index (χ2n) is 9.25. The van der Waals surface area contributed by atoms with Gasteiger partial charge in [0, 0.05) is 34.7 Å². The number of aliphatic imine (C=N–C) groups is 1. The van der Waals surface area contributed by atoms with Gasteiger partial charge < -0.3 is 20.7 Å². The van der Waals surface area contributed by atoms with Crippen LogP contribution < -0.4 is 11.5 Å². The summed E-state index contributed by atoms with van der Waals surface area (Å²) >= 11 is 0.